The maximum absolute atomic E-state index is 12.3. The number of hydrogen-bond donors (Lipinski definition) is 3. The summed E-state index contributed by atoms with van der Waals surface area (Å²) in [6.07, 6.45) is -0.0970. The molecule has 138 valence electrons. The van der Waals surface area contributed by atoms with Gasteiger partial charge in [-0.15, -0.1) is 0 Å². The van der Waals surface area contributed by atoms with E-state index in [-0.39, 0.29) is 6.42 Å². The molecule has 2 aromatic rings. The van der Waals surface area contributed by atoms with E-state index in [1.165, 1.54) is 24.3 Å². The van der Waals surface area contributed by atoms with Crippen molar-refractivity contribution in [2.45, 2.75) is 23.1 Å². The number of thioether (sulfide) groups is 1. The topological polar surface area (TPSA) is 84.2 Å². The van der Waals surface area contributed by atoms with Gasteiger partial charge in [-0.2, -0.15) is 8.78 Å². The number of nitrogens with two attached hydrogens (primary N) is 1. The second kappa shape index (κ2) is 9.40. The van der Waals surface area contributed by atoms with Gasteiger partial charge in [0.2, 0.25) is 5.91 Å². The van der Waals surface area contributed by atoms with Gasteiger partial charge in [0.1, 0.15) is 0 Å². The van der Waals surface area contributed by atoms with Crippen molar-refractivity contribution >= 4 is 41.0 Å². The molecule has 0 saturated heterocycles. The zero-order chi connectivity index (χ0) is 19.1. The Morgan fingerprint density at radius 3 is 2.35 bits per heavy atom. The molecule has 0 unspecified atom stereocenters. The number of anilines is 1. The molecule has 0 saturated carbocycles. The van der Waals surface area contributed by atoms with Crippen LogP contribution in [0.1, 0.15) is 18.0 Å². The molecule has 5 nitrogen and oxygen atoms in total. The predicted molar refractivity (Wildman–Crippen MR) is 98.5 cm³/mol. The molecule has 4 N–H and O–H groups in total. The Morgan fingerprint density at radius 1 is 1.12 bits per heavy atom. The molecule has 0 aromatic heterocycles. The first-order valence-electron chi connectivity index (χ1n) is 7.50. The zero-order valence-corrected chi connectivity index (χ0v) is 15.0. The quantitative estimate of drug-likeness (QED) is 0.603. The summed E-state index contributed by atoms with van der Waals surface area (Å²) in [6, 6.07) is 11.3. The summed E-state index contributed by atoms with van der Waals surface area (Å²) in [7, 11) is 0. The monoisotopic (exact) mass is 399 g/mol. The lowest BCUT2D eigenvalue weighted by Gasteiger charge is -2.19. The van der Waals surface area contributed by atoms with E-state index in [2.05, 4.69) is 10.6 Å². The minimum Gasteiger partial charge on any atom is -0.352 e. The highest BCUT2D eigenvalue weighted by Gasteiger charge is 2.20. The molecular formula is C17H16ClF2N3O2S. The average molecular weight is 400 g/mol. The van der Waals surface area contributed by atoms with E-state index < -0.39 is 23.7 Å². The number of alkyl halides is 2. The normalized spacial score (nSPS) is 11.8. The molecule has 0 heterocycles. The van der Waals surface area contributed by atoms with E-state index in [0.717, 1.165) is 0 Å². The molecule has 0 aliphatic rings. The summed E-state index contributed by atoms with van der Waals surface area (Å²) >= 11 is 6.54. The summed E-state index contributed by atoms with van der Waals surface area (Å²) in [5.41, 5.74) is 6.19. The van der Waals surface area contributed by atoms with Gasteiger partial charge in [-0.25, -0.2) is 4.79 Å². The predicted octanol–water partition coefficient (Wildman–Crippen LogP) is 4.39. The Labute approximate surface area is 158 Å². The molecule has 9 heteroatoms. The van der Waals surface area contributed by atoms with Crippen molar-refractivity contribution in [2.24, 2.45) is 5.73 Å². The van der Waals surface area contributed by atoms with Gasteiger partial charge in [-0.1, -0.05) is 41.6 Å². The maximum Gasteiger partial charge on any atom is 0.312 e. The van der Waals surface area contributed by atoms with Gasteiger partial charge >= 0.3 is 6.03 Å². The van der Waals surface area contributed by atoms with Crippen LogP contribution in [0.15, 0.2) is 53.4 Å². The molecule has 0 spiro atoms. The summed E-state index contributed by atoms with van der Waals surface area (Å²) in [4.78, 5) is 23.9. The van der Waals surface area contributed by atoms with Crippen LogP contribution in [0.3, 0.4) is 0 Å². The fraction of sp³-hybridized carbons (Fsp3) is 0.176. The Balaban J connectivity index is 2.05. The number of urea groups is 1. The second-order valence-corrected chi connectivity index (χ2v) is 6.71. The highest BCUT2D eigenvalue weighted by atomic mass is 35.5. The molecule has 0 aliphatic carbocycles. The van der Waals surface area contributed by atoms with E-state index in [1.54, 1.807) is 24.3 Å². The third kappa shape index (κ3) is 6.20. The van der Waals surface area contributed by atoms with Gasteiger partial charge in [0, 0.05) is 15.6 Å². The summed E-state index contributed by atoms with van der Waals surface area (Å²) < 4.78 is 24.6. The zero-order valence-electron chi connectivity index (χ0n) is 13.4. The molecule has 26 heavy (non-hydrogen) atoms. The lowest BCUT2D eigenvalue weighted by molar-refractivity contribution is -0.116. The van der Waals surface area contributed by atoms with Gasteiger partial charge in [0.05, 0.1) is 12.5 Å². The Morgan fingerprint density at radius 2 is 1.77 bits per heavy atom. The number of carbonyl (C=O) groups is 2. The first kappa shape index (κ1) is 20.0. The van der Waals surface area contributed by atoms with Crippen LogP contribution in [0.5, 0.6) is 0 Å². The molecule has 0 fully saturated rings. The lowest BCUT2D eigenvalue weighted by atomic mass is 10.0. The van der Waals surface area contributed by atoms with Crippen LogP contribution in [0, 0.1) is 0 Å². The van der Waals surface area contributed by atoms with Crippen molar-refractivity contribution in [3.8, 4) is 0 Å². The Bertz CT molecular complexity index is 775. The van der Waals surface area contributed by atoms with Crippen molar-refractivity contribution in [3.05, 3.63) is 59.1 Å². The van der Waals surface area contributed by atoms with Crippen LogP contribution in [0.25, 0.3) is 0 Å². The van der Waals surface area contributed by atoms with E-state index in [1.807, 2.05) is 0 Å². The Hall–Kier alpha value is -2.32. The number of hydrogen-bond acceptors (Lipinski definition) is 3. The number of halogens is 3. The number of rotatable bonds is 7. The summed E-state index contributed by atoms with van der Waals surface area (Å²) in [5.74, 6) is -2.90. The largest absolute Gasteiger partial charge is 0.352 e. The van der Waals surface area contributed by atoms with Gasteiger partial charge in [0.25, 0.3) is 5.76 Å². The maximum atomic E-state index is 12.3. The number of benzene rings is 2. The molecule has 0 aliphatic heterocycles. The molecule has 0 radical (unpaired) electrons. The van der Waals surface area contributed by atoms with Gasteiger partial charge in [-0.3, -0.25) is 4.79 Å². The SMILES string of the molecule is NC(=O)N[C@@H](CC(=O)Nc1ccc(SC(F)F)cc1)c1ccccc1Cl. The van der Waals surface area contributed by atoms with Crippen LogP contribution in [-0.2, 0) is 4.79 Å². The van der Waals surface area contributed by atoms with Crippen molar-refractivity contribution in [3.63, 3.8) is 0 Å². The van der Waals surface area contributed by atoms with Gasteiger partial charge in [0.15, 0.2) is 0 Å². The van der Waals surface area contributed by atoms with Gasteiger partial charge < -0.3 is 16.4 Å². The highest BCUT2D eigenvalue weighted by molar-refractivity contribution is 7.99. The molecule has 3 amide bonds. The van der Waals surface area contributed by atoms with Crippen LogP contribution >= 0.6 is 23.4 Å². The minimum absolute atomic E-state index is 0.0970. The minimum atomic E-state index is -2.51. The van der Waals surface area contributed by atoms with E-state index in [0.29, 0.717) is 32.9 Å². The number of carbonyl (C=O) groups excluding carboxylic acids is 2. The molecule has 2 rings (SSSR count). The number of amides is 3. The third-order valence-electron chi connectivity index (χ3n) is 3.35. The highest BCUT2D eigenvalue weighted by Crippen LogP contribution is 2.27. The van der Waals surface area contributed by atoms with Crippen molar-refractivity contribution in [1.82, 2.24) is 5.32 Å². The standard InChI is InChI=1S/C17H16ClF2N3O2S/c18-13-4-2-1-3-12(13)14(23-17(21)25)9-15(24)22-10-5-7-11(8-6-10)26-16(19)20/h1-8,14,16H,9H2,(H,22,24)(H3,21,23,25)/t14-/m0/s1. The first-order chi connectivity index (χ1) is 12.3. The van der Waals surface area contributed by atoms with Crippen molar-refractivity contribution in [2.75, 3.05) is 5.32 Å². The van der Waals surface area contributed by atoms with E-state index in [4.69, 9.17) is 17.3 Å². The van der Waals surface area contributed by atoms with E-state index in [9.17, 15) is 18.4 Å². The van der Waals surface area contributed by atoms with E-state index >= 15 is 0 Å². The lowest BCUT2D eigenvalue weighted by Crippen LogP contribution is -2.35. The van der Waals surface area contributed by atoms with Crippen LogP contribution in [0.4, 0.5) is 19.3 Å². The fourth-order valence-corrected chi connectivity index (χ4v) is 3.05. The smallest absolute Gasteiger partial charge is 0.312 e. The van der Waals surface area contributed by atoms with Gasteiger partial charge in [-0.05, 0) is 35.9 Å². The summed E-state index contributed by atoms with van der Waals surface area (Å²) in [6.45, 7) is 0. The second-order valence-electron chi connectivity index (χ2n) is 5.24. The number of primary amides is 1. The molecular weight excluding hydrogens is 384 g/mol. The van der Waals surface area contributed by atoms with Crippen LogP contribution < -0.4 is 16.4 Å². The fourth-order valence-electron chi connectivity index (χ4n) is 2.29. The van der Waals surface area contributed by atoms with Crippen molar-refractivity contribution in [1.29, 1.82) is 0 Å². The first-order valence-corrected chi connectivity index (χ1v) is 8.76. The van der Waals surface area contributed by atoms with Crippen LogP contribution in [0.2, 0.25) is 5.02 Å². The third-order valence-corrected chi connectivity index (χ3v) is 4.42. The molecule has 0 bridgehead atoms. The van der Waals surface area contributed by atoms with Crippen molar-refractivity contribution < 1.29 is 18.4 Å². The van der Waals surface area contributed by atoms with Crippen LogP contribution in [-0.4, -0.2) is 17.7 Å². The average Bonchev–Trinajstić information content (AvgIpc) is 2.55. The molecule has 2 aromatic carbocycles. The number of nitrogens with one attached hydrogen (secondary N) is 2. The summed E-state index contributed by atoms with van der Waals surface area (Å²) in [5, 5.41) is 5.53. The Kier molecular flexibility index (Phi) is 7.23. The molecule has 1 atom stereocenters.